The minimum atomic E-state index is 0.00911. The predicted octanol–water partition coefficient (Wildman–Crippen LogP) is 3.39. The van der Waals surface area contributed by atoms with E-state index in [2.05, 4.69) is 0 Å². The van der Waals surface area contributed by atoms with Crippen molar-refractivity contribution in [3.8, 4) is 0 Å². The van der Waals surface area contributed by atoms with Crippen LogP contribution in [0.4, 0.5) is 0 Å². The molecule has 0 aromatic rings. The normalized spacial score (nSPS) is 35.4. The van der Waals surface area contributed by atoms with Crippen molar-refractivity contribution in [2.45, 2.75) is 57.8 Å². The Bertz CT molecular complexity index is 256. The van der Waals surface area contributed by atoms with Crippen LogP contribution in [-0.2, 0) is 9.59 Å². The lowest BCUT2D eigenvalue weighted by Crippen LogP contribution is -2.32. The molecule has 0 aromatic carbocycles. The second-order valence-electron chi connectivity index (χ2n) is 5.94. The Hall–Kier alpha value is -0.660. The number of rotatable bonds is 4. The highest BCUT2D eigenvalue weighted by molar-refractivity contribution is 5.65. The molecule has 3 atom stereocenters. The van der Waals surface area contributed by atoms with Crippen molar-refractivity contribution < 1.29 is 9.59 Å². The van der Waals surface area contributed by atoms with Gasteiger partial charge in [0.25, 0.3) is 0 Å². The van der Waals surface area contributed by atoms with Crippen molar-refractivity contribution in [1.82, 2.24) is 0 Å². The van der Waals surface area contributed by atoms with E-state index in [1.165, 1.54) is 38.5 Å². The van der Waals surface area contributed by atoms with Crippen LogP contribution in [0.2, 0.25) is 0 Å². The standard InChI is InChI=1S/C15H24O2/c16-10-14-8-4-7-13(15(14)11-17)9-12-5-2-1-3-6-12/h10-15H,1-9H2. The summed E-state index contributed by atoms with van der Waals surface area (Å²) in [6, 6.07) is 0. The molecule has 2 fully saturated rings. The van der Waals surface area contributed by atoms with Gasteiger partial charge in [-0.25, -0.2) is 0 Å². The third-order valence-electron chi connectivity index (χ3n) is 4.84. The fourth-order valence-corrected chi connectivity index (χ4v) is 3.85. The Kier molecular flexibility index (Phi) is 4.75. The molecule has 2 saturated carbocycles. The lowest BCUT2D eigenvalue weighted by molar-refractivity contribution is -0.123. The molecular formula is C15H24O2. The van der Waals surface area contributed by atoms with Gasteiger partial charge in [-0.2, -0.15) is 0 Å². The molecule has 0 aromatic heterocycles. The number of hydrogen-bond acceptors (Lipinski definition) is 2. The summed E-state index contributed by atoms with van der Waals surface area (Å²) in [4.78, 5) is 22.2. The Balaban J connectivity index is 1.92. The monoisotopic (exact) mass is 236 g/mol. The molecule has 0 N–H and O–H groups in total. The molecule has 2 aliphatic carbocycles. The Morgan fingerprint density at radius 1 is 0.824 bits per heavy atom. The second-order valence-corrected chi connectivity index (χ2v) is 5.94. The van der Waals surface area contributed by atoms with Gasteiger partial charge in [-0.1, -0.05) is 38.5 Å². The van der Waals surface area contributed by atoms with Gasteiger partial charge in [-0.05, 0) is 31.1 Å². The Morgan fingerprint density at radius 2 is 1.59 bits per heavy atom. The third kappa shape index (κ3) is 3.17. The summed E-state index contributed by atoms with van der Waals surface area (Å²) in [5, 5.41) is 0. The maximum atomic E-state index is 11.2. The summed E-state index contributed by atoms with van der Waals surface area (Å²) >= 11 is 0. The molecule has 0 radical (unpaired) electrons. The van der Waals surface area contributed by atoms with Crippen LogP contribution in [0.15, 0.2) is 0 Å². The Labute approximate surface area is 104 Å². The summed E-state index contributed by atoms with van der Waals surface area (Å²) in [5.74, 6) is 1.33. The summed E-state index contributed by atoms with van der Waals surface area (Å²) in [6.07, 6.45) is 13.3. The molecule has 0 aliphatic heterocycles. The molecule has 0 amide bonds. The van der Waals surface area contributed by atoms with Gasteiger partial charge in [0.1, 0.15) is 12.6 Å². The van der Waals surface area contributed by atoms with Gasteiger partial charge in [0.15, 0.2) is 0 Å². The van der Waals surface area contributed by atoms with Gasteiger partial charge in [-0.3, -0.25) is 0 Å². The first-order valence-electron chi connectivity index (χ1n) is 7.25. The van der Waals surface area contributed by atoms with Gasteiger partial charge in [-0.15, -0.1) is 0 Å². The highest BCUT2D eigenvalue weighted by Gasteiger charge is 2.34. The van der Waals surface area contributed by atoms with E-state index in [0.717, 1.165) is 37.8 Å². The first-order valence-corrected chi connectivity index (χ1v) is 7.25. The zero-order valence-corrected chi connectivity index (χ0v) is 10.6. The second kappa shape index (κ2) is 6.32. The van der Waals surface area contributed by atoms with E-state index >= 15 is 0 Å². The van der Waals surface area contributed by atoms with Crippen LogP contribution in [-0.4, -0.2) is 12.6 Å². The van der Waals surface area contributed by atoms with Crippen molar-refractivity contribution in [2.24, 2.45) is 23.7 Å². The molecule has 0 spiro atoms. The maximum absolute atomic E-state index is 11.2. The molecule has 3 unspecified atom stereocenters. The molecule has 2 heteroatoms. The largest absolute Gasteiger partial charge is 0.303 e. The minimum Gasteiger partial charge on any atom is -0.303 e. The molecule has 96 valence electrons. The number of hydrogen-bond donors (Lipinski definition) is 0. The van der Waals surface area contributed by atoms with Gasteiger partial charge >= 0.3 is 0 Å². The van der Waals surface area contributed by atoms with Crippen LogP contribution in [0.5, 0.6) is 0 Å². The summed E-state index contributed by atoms with van der Waals surface area (Å²) < 4.78 is 0. The SMILES string of the molecule is O=CC1CCCC(CC2CCCCC2)C1C=O. The van der Waals surface area contributed by atoms with Crippen molar-refractivity contribution in [2.75, 3.05) is 0 Å². The zero-order valence-electron chi connectivity index (χ0n) is 10.6. The molecule has 2 rings (SSSR count). The topological polar surface area (TPSA) is 34.1 Å². The molecular weight excluding hydrogens is 212 g/mol. The van der Waals surface area contributed by atoms with Crippen LogP contribution in [0.3, 0.4) is 0 Å². The van der Waals surface area contributed by atoms with E-state index in [-0.39, 0.29) is 11.8 Å². The summed E-state index contributed by atoms with van der Waals surface area (Å²) in [5.41, 5.74) is 0. The summed E-state index contributed by atoms with van der Waals surface area (Å²) in [7, 11) is 0. The van der Waals surface area contributed by atoms with Crippen LogP contribution in [0.25, 0.3) is 0 Å². The van der Waals surface area contributed by atoms with E-state index in [1.54, 1.807) is 0 Å². The lowest BCUT2D eigenvalue weighted by atomic mass is 9.68. The molecule has 0 saturated heterocycles. The third-order valence-corrected chi connectivity index (χ3v) is 4.84. The predicted molar refractivity (Wildman–Crippen MR) is 67.6 cm³/mol. The smallest absolute Gasteiger partial charge is 0.124 e. The van der Waals surface area contributed by atoms with Crippen LogP contribution in [0.1, 0.15) is 57.8 Å². The maximum Gasteiger partial charge on any atom is 0.124 e. The molecule has 2 aliphatic rings. The zero-order chi connectivity index (χ0) is 12.1. The first-order chi connectivity index (χ1) is 8.35. The number of aldehydes is 2. The van der Waals surface area contributed by atoms with Crippen molar-refractivity contribution in [1.29, 1.82) is 0 Å². The van der Waals surface area contributed by atoms with Gasteiger partial charge in [0, 0.05) is 11.8 Å². The van der Waals surface area contributed by atoms with Crippen LogP contribution >= 0.6 is 0 Å². The Morgan fingerprint density at radius 3 is 2.24 bits per heavy atom. The van der Waals surface area contributed by atoms with Crippen LogP contribution in [0, 0.1) is 23.7 Å². The van der Waals surface area contributed by atoms with Gasteiger partial charge in [0.2, 0.25) is 0 Å². The lowest BCUT2D eigenvalue weighted by Gasteiger charge is -2.35. The van der Waals surface area contributed by atoms with Crippen molar-refractivity contribution in [3.63, 3.8) is 0 Å². The quantitative estimate of drug-likeness (QED) is 0.701. The summed E-state index contributed by atoms with van der Waals surface area (Å²) in [6.45, 7) is 0. The molecule has 0 bridgehead atoms. The fraction of sp³-hybridized carbons (Fsp3) is 0.867. The van der Waals surface area contributed by atoms with Crippen molar-refractivity contribution in [3.05, 3.63) is 0 Å². The van der Waals surface area contributed by atoms with E-state index < -0.39 is 0 Å². The average Bonchev–Trinajstić information content (AvgIpc) is 2.39. The first kappa shape index (κ1) is 12.8. The average molecular weight is 236 g/mol. The molecule has 17 heavy (non-hydrogen) atoms. The number of carbonyl (C=O) groups excluding carboxylic acids is 2. The van der Waals surface area contributed by atoms with Crippen molar-refractivity contribution >= 4 is 12.6 Å². The molecule has 0 heterocycles. The van der Waals surface area contributed by atoms with Gasteiger partial charge < -0.3 is 9.59 Å². The van der Waals surface area contributed by atoms with E-state index in [9.17, 15) is 9.59 Å². The molecule has 2 nitrogen and oxygen atoms in total. The van der Waals surface area contributed by atoms with E-state index in [1.807, 2.05) is 0 Å². The van der Waals surface area contributed by atoms with Crippen LogP contribution < -0.4 is 0 Å². The van der Waals surface area contributed by atoms with E-state index in [0.29, 0.717) is 5.92 Å². The number of carbonyl (C=O) groups is 2. The fourth-order valence-electron chi connectivity index (χ4n) is 3.85. The van der Waals surface area contributed by atoms with Gasteiger partial charge in [0.05, 0.1) is 0 Å². The van der Waals surface area contributed by atoms with E-state index in [4.69, 9.17) is 0 Å². The highest BCUT2D eigenvalue weighted by atomic mass is 16.1. The highest BCUT2D eigenvalue weighted by Crippen LogP contribution is 2.39. The minimum absolute atomic E-state index is 0.00911.